The highest BCUT2D eigenvalue weighted by Gasteiger charge is 2.17. The number of phenols is 1. The van der Waals surface area contributed by atoms with Gasteiger partial charge in [-0.25, -0.2) is 0 Å². The van der Waals surface area contributed by atoms with Crippen LogP contribution in [0, 0.1) is 0 Å². The number of phenolic OH excluding ortho intramolecular Hbond substituents is 1. The number of rotatable bonds is 4. The van der Waals surface area contributed by atoms with Gasteiger partial charge in [-0.1, -0.05) is 19.9 Å². The van der Waals surface area contributed by atoms with E-state index in [0.29, 0.717) is 11.6 Å². The first kappa shape index (κ1) is 12.8. The summed E-state index contributed by atoms with van der Waals surface area (Å²) in [6.45, 7) is 5.95. The normalized spacial score (nSPS) is 15.1. The molecular formula is C12H20N2O2. The number of aliphatic hydroxyl groups is 1. The van der Waals surface area contributed by atoms with E-state index in [2.05, 4.69) is 5.32 Å². The molecule has 0 amide bonds. The summed E-state index contributed by atoms with van der Waals surface area (Å²) in [5, 5.41) is 22.6. The molecule has 90 valence electrons. The predicted molar refractivity (Wildman–Crippen MR) is 65.2 cm³/mol. The minimum absolute atomic E-state index is 0.0421. The zero-order valence-electron chi connectivity index (χ0n) is 9.94. The first-order valence-electron chi connectivity index (χ1n) is 5.44. The van der Waals surface area contributed by atoms with Gasteiger partial charge in [-0.05, 0) is 24.6 Å². The molecule has 0 heterocycles. The Morgan fingerprint density at radius 1 is 1.25 bits per heavy atom. The molecule has 5 N–H and O–H groups in total. The fourth-order valence-electron chi connectivity index (χ4n) is 1.66. The van der Waals surface area contributed by atoms with E-state index in [1.807, 2.05) is 20.8 Å². The van der Waals surface area contributed by atoms with Crippen LogP contribution in [0.5, 0.6) is 5.75 Å². The molecule has 0 bridgehead atoms. The van der Waals surface area contributed by atoms with E-state index >= 15 is 0 Å². The second-order valence-corrected chi connectivity index (χ2v) is 4.37. The number of anilines is 1. The van der Waals surface area contributed by atoms with E-state index in [1.54, 1.807) is 12.1 Å². The number of aliphatic hydroxyl groups excluding tert-OH is 1. The molecule has 1 aromatic rings. The van der Waals surface area contributed by atoms with Crippen molar-refractivity contribution in [3.8, 4) is 5.75 Å². The number of nitrogen functional groups attached to an aromatic ring is 1. The average molecular weight is 224 g/mol. The van der Waals surface area contributed by atoms with E-state index in [9.17, 15) is 10.2 Å². The molecule has 0 aliphatic carbocycles. The average Bonchev–Trinajstić information content (AvgIpc) is 2.20. The lowest BCUT2D eigenvalue weighted by Crippen LogP contribution is -2.36. The molecule has 0 spiro atoms. The van der Waals surface area contributed by atoms with Crippen molar-refractivity contribution >= 4 is 5.69 Å². The summed E-state index contributed by atoms with van der Waals surface area (Å²) in [5.74, 6) is 0.0421. The maximum atomic E-state index is 10.1. The number of aromatic hydroxyl groups is 1. The van der Waals surface area contributed by atoms with Crippen LogP contribution >= 0.6 is 0 Å². The molecule has 4 heteroatoms. The van der Waals surface area contributed by atoms with Gasteiger partial charge in [-0.2, -0.15) is 0 Å². The Hall–Kier alpha value is -1.26. The third-order valence-electron chi connectivity index (χ3n) is 2.46. The molecule has 0 fully saturated rings. The van der Waals surface area contributed by atoms with Gasteiger partial charge in [0.2, 0.25) is 0 Å². The third kappa shape index (κ3) is 3.12. The Bertz CT molecular complexity index is 353. The lowest BCUT2D eigenvalue weighted by Gasteiger charge is -2.23. The SMILES string of the molecule is CC(C)NC(C)C(O)c1ccc(O)c(N)c1. The first-order valence-corrected chi connectivity index (χ1v) is 5.44. The number of nitrogens with two attached hydrogens (primary N) is 1. The largest absolute Gasteiger partial charge is 0.506 e. The summed E-state index contributed by atoms with van der Waals surface area (Å²) in [5.41, 5.74) is 6.57. The molecule has 4 nitrogen and oxygen atoms in total. The van der Waals surface area contributed by atoms with Crippen molar-refractivity contribution in [1.82, 2.24) is 5.32 Å². The van der Waals surface area contributed by atoms with E-state index in [-0.39, 0.29) is 17.5 Å². The van der Waals surface area contributed by atoms with Gasteiger partial charge in [0.05, 0.1) is 11.8 Å². The molecule has 2 atom stereocenters. The molecule has 0 aliphatic rings. The first-order chi connectivity index (χ1) is 7.41. The van der Waals surface area contributed by atoms with Crippen molar-refractivity contribution in [3.63, 3.8) is 0 Å². The second kappa shape index (κ2) is 5.18. The molecular weight excluding hydrogens is 204 g/mol. The van der Waals surface area contributed by atoms with Crippen LogP contribution in [-0.4, -0.2) is 22.3 Å². The van der Waals surface area contributed by atoms with Gasteiger partial charge in [-0.3, -0.25) is 0 Å². The van der Waals surface area contributed by atoms with Crippen molar-refractivity contribution in [2.45, 2.75) is 39.0 Å². The molecule has 0 saturated heterocycles. The fraction of sp³-hybridized carbons (Fsp3) is 0.500. The van der Waals surface area contributed by atoms with Crippen LogP contribution in [-0.2, 0) is 0 Å². The third-order valence-corrected chi connectivity index (χ3v) is 2.46. The van der Waals surface area contributed by atoms with E-state index in [4.69, 9.17) is 5.73 Å². The van der Waals surface area contributed by atoms with E-state index in [0.717, 1.165) is 0 Å². The summed E-state index contributed by atoms with van der Waals surface area (Å²) in [6.07, 6.45) is -0.634. The number of hydrogen-bond acceptors (Lipinski definition) is 4. The molecule has 2 unspecified atom stereocenters. The molecule has 0 aromatic heterocycles. The monoisotopic (exact) mass is 224 g/mol. The van der Waals surface area contributed by atoms with Crippen LogP contribution < -0.4 is 11.1 Å². The predicted octanol–water partition coefficient (Wildman–Crippen LogP) is 1.39. The fourth-order valence-corrected chi connectivity index (χ4v) is 1.66. The Morgan fingerprint density at radius 3 is 2.38 bits per heavy atom. The molecule has 16 heavy (non-hydrogen) atoms. The Morgan fingerprint density at radius 2 is 1.88 bits per heavy atom. The Kier molecular flexibility index (Phi) is 4.15. The molecule has 0 saturated carbocycles. The highest BCUT2D eigenvalue weighted by Crippen LogP contribution is 2.25. The zero-order valence-corrected chi connectivity index (χ0v) is 9.94. The van der Waals surface area contributed by atoms with Crippen molar-refractivity contribution in [2.75, 3.05) is 5.73 Å². The number of benzene rings is 1. The van der Waals surface area contributed by atoms with Crippen LogP contribution in [0.15, 0.2) is 18.2 Å². The second-order valence-electron chi connectivity index (χ2n) is 4.37. The molecule has 1 rings (SSSR count). The van der Waals surface area contributed by atoms with Gasteiger partial charge in [0.1, 0.15) is 5.75 Å². The maximum absolute atomic E-state index is 10.1. The van der Waals surface area contributed by atoms with Crippen LogP contribution in [0.3, 0.4) is 0 Å². The summed E-state index contributed by atoms with van der Waals surface area (Å²) in [4.78, 5) is 0. The smallest absolute Gasteiger partial charge is 0.138 e. The van der Waals surface area contributed by atoms with Crippen molar-refractivity contribution in [1.29, 1.82) is 0 Å². The van der Waals surface area contributed by atoms with Crippen molar-refractivity contribution < 1.29 is 10.2 Å². The molecule has 0 aliphatic heterocycles. The van der Waals surface area contributed by atoms with Gasteiger partial charge < -0.3 is 21.3 Å². The van der Waals surface area contributed by atoms with Gasteiger partial charge in [0, 0.05) is 12.1 Å². The quantitative estimate of drug-likeness (QED) is 0.460. The maximum Gasteiger partial charge on any atom is 0.138 e. The highest BCUT2D eigenvalue weighted by atomic mass is 16.3. The Balaban J connectivity index is 2.79. The van der Waals surface area contributed by atoms with Crippen LogP contribution in [0.2, 0.25) is 0 Å². The van der Waals surface area contributed by atoms with Crippen molar-refractivity contribution in [3.05, 3.63) is 23.8 Å². The number of nitrogens with one attached hydrogen (secondary N) is 1. The van der Waals surface area contributed by atoms with Gasteiger partial charge >= 0.3 is 0 Å². The van der Waals surface area contributed by atoms with Crippen LogP contribution in [0.25, 0.3) is 0 Å². The van der Waals surface area contributed by atoms with Crippen LogP contribution in [0.1, 0.15) is 32.4 Å². The highest BCUT2D eigenvalue weighted by molar-refractivity contribution is 5.53. The van der Waals surface area contributed by atoms with E-state index in [1.165, 1.54) is 6.07 Å². The standard InChI is InChI=1S/C12H20N2O2/c1-7(2)14-8(3)12(16)9-4-5-11(15)10(13)6-9/h4-8,12,14-16H,13H2,1-3H3. The van der Waals surface area contributed by atoms with Gasteiger partial charge in [-0.15, -0.1) is 0 Å². The summed E-state index contributed by atoms with van der Waals surface area (Å²) in [6, 6.07) is 5.01. The lowest BCUT2D eigenvalue weighted by molar-refractivity contribution is 0.132. The van der Waals surface area contributed by atoms with E-state index < -0.39 is 6.10 Å². The van der Waals surface area contributed by atoms with Crippen LogP contribution in [0.4, 0.5) is 5.69 Å². The summed E-state index contributed by atoms with van der Waals surface area (Å²) >= 11 is 0. The molecule has 0 radical (unpaired) electrons. The van der Waals surface area contributed by atoms with Gasteiger partial charge in [0.25, 0.3) is 0 Å². The molecule has 1 aromatic carbocycles. The summed E-state index contributed by atoms with van der Waals surface area (Å²) < 4.78 is 0. The van der Waals surface area contributed by atoms with Crippen molar-refractivity contribution in [2.24, 2.45) is 0 Å². The minimum atomic E-state index is -0.634. The Labute approximate surface area is 96.1 Å². The topological polar surface area (TPSA) is 78.5 Å². The minimum Gasteiger partial charge on any atom is -0.506 e. The summed E-state index contributed by atoms with van der Waals surface area (Å²) in [7, 11) is 0. The number of hydrogen-bond donors (Lipinski definition) is 4. The van der Waals surface area contributed by atoms with Gasteiger partial charge in [0.15, 0.2) is 0 Å². The zero-order chi connectivity index (χ0) is 12.3. The lowest BCUT2D eigenvalue weighted by atomic mass is 10.0.